The molecule has 0 spiro atoms. The van der Waals surface area contributed by atoms with E-state index in [1.807, 2.05) is 60.9 Å². The summed E-state index contributed by atoms with van der Waals surface area (Å²) in [7, 11) is 1.66. The number of anilines is 1. The quantitative estimate of drug-likeness (QED) is 0.605. The number of carbonyl (C=O) groups excluding carboxylic acids is 2. The zero-order valence-electron chi connectivity index (χ0n) is 19.4. The van der Waals surface area contributed by atoms with Gasteiger partial charge in [0, 0.05) is 31.9 Å². The molecule has 2 amide bonds. The number of imidazole rings is 1. The van der Waals surface area contributed by atoms with E-state index >= 15 is 0 Å². The average Bonchev–Trinajstić information content (AvgIpc) is 3.12. The fourth-order valence-corrected chi connectivity index (χ4v) is 4.58. The summed E-state index contributed by atoms with van der Waals surface area (Å²) >= 11 is 0. The molecule has 33 heavy (non-hydrogen) atoms. The van der Waals surface area contributed by atoms with Crippen LogP contribution in [0.1, 0.15) is 30.0 Å². The first-order valence-corrected chi connectivity index (χ1v) is 11.3. The Morgan fingerprint density at radius 2 is 1.73 bits per heavy atom. The number of benzene rings is 2. The minimum absolute atomic E-state index is 0.00774. The van der Waals surface area contributed by atoms with E-state index in [2.05, 4.69) is 15.2 Å². The molecule has 1 saturated heterocycles. The number of likely N-dealkylation sites (N-methyl/N-ethyl adjacent to an activating group) is 1. The Labute approximate surface area is 193 Å². The number of aromatic nitrogens is 2. The second-order valence-corrected chi connectivity index (χ2v) is 8.89. The van der Waals surface area contributed by atoms with E-state index in [4.69, 9.17) is 0 Å². The van der Waals surface area contributed by atoms with Crippen LogP contribution >= 0.6 is 0 Å². The van der Waals surface area contributed by atoms with Crippen LogP contribution in [0.3, 0.4) is 0 Å². The van der Waals surface area contributed by atoms with Crippen molar-refractivity contribution >= 4 is 28.5 Å². The van der Waals surface area contributed by atoms with Gasteiger partial charge in [0.05, 0.1) is 24.1 Å². The normalized spacial score (nSPS) is 15.0. The molecule has 1 aromatic heterocycles. The Balaban J connectivity index is 1.29. The van der Waals surface area contributed by atoms with Crippen LogP contribution < -0.4 is 11.0 Å². The molecule has 2 heterocycles. The summed E-state index contributed by atoms with van der Waals surface area (Å²) in [5.41, 5.74) is 4.48. The molecule has 4 rings (SSSR count). The van der Waals surface area contributed by atoms with Gasteiger partial charge in [-0.2, -0.15) is 0 Å². The number of nitrogens with one attached hydrogen (secondary N) is 2. The van der Waals surface area contributed by atoms with Crippen molar-refractivity contribution in [3.05, 3.63) is 64.1 Å². The zero-order valence-corrected chi connectivity index (χ0v) is 19.4. The van der Waals surface area contributed by atoms with Crippen LogP contribution in [-0.4, -0.2) is 64.4 Å². The van der Waals surface area contributed by atoms with Gasteiger partial charge >= 0.3 is 5.69 Å². The van der Waals surface area contributed by atoms with Gasteiger partial charge in [-0.25, -0.2) is 4.79 Å². The number of H-pyrrole nitrogens is 1. The van der Waals surface area contributed by atoms with E-state index in [0.29, 0.717) is 0 Å². The number of carbonyl (C=O) groups is 2. The number of amides is 2. The SMILES string of the molecule is Cc1cccc(C)c1NC(=O)CN(C)C(=O)CN1CCC(n2c(=O)[nH]c3ccccc32)CC1. The summed E-state index contributed by atoms with van der Waals surface area (Å²) in [6.45, 7) is 5.63. The minimum Gasteiger partial charge on any atom is -0.335 e. The molecule has 2 N–H and O–H groups in total. The first kappa shape index (κ1) is 22.8. The molecule has 1 aliphatic heterocycles. The Kier molecular flexibility index (Phi) is 6.65. The smallest absolute Gasteiger partial charge is 0.326 e. The van der Waals surface area contributed by atoms with E-state index in [9.17, 15) is 14.4 Å². The molecule has 0 aliphatic carbocycles. The number of hydrogen-bond acceptors (Lipinski definition) is 4. The maximum absolute atomic E-state index is 12.7. The van der Waals surface area contributed by atoms with E-state index in [0.717, 1.165) is 53.8 Å². The topological polar surface area (TPSA) is 90.4 Å². The van der Waals surface area contributed by atoms with Crippen molar-refractivity contribution in [1.29, 1.82) is 0 Å². The molecule has 8 nitrogen and oxygen atoms in total. The van der Waals surface area contributed by atoms with Gasteiger partial charge in [0.15, 0.2) is 0 Å². The van der Waals surface area contributed by atoms with Crippen molar-refractivity contribution in [3.63, 3.8) is 0 Å². The highest BCUT2D eigenvalue weighted by molar-refractivity contribution is 5.95. The highest BCUT2D eigenvalue weighted by Crippen LogP contribution is 2.25. The molecule has 0 unspecified atom stereocenters. The molecule has 0 radical (unpaired) electrons. The summed E-state index contributed by atoms with van der Waals surface area (Å²) < 4.78 is 1.85. The van der Waals surface area contributed by atoms with Crippen LogP contribution in [0.4, 0.5) is 5.69 Å². The van der Waals surface area contributed by atoms with Gasteiger partial charge in [0.2, 0.25) is 11.8 Å². The van der Waals surface area contributed by atoms with Gasteiger partial charge in [-0.05, 0) is 49.9 Å². The van der Waals surface area contributed by atoms with Crippen LogP contribution in [0.25, 0.3) is 11.0 Å². The van der Waals surface area contributed by atoms with Gasteiger partial charge in [-0.3, -0.25) is 19.1 Å². The standard InChI is InChI=1S/C25H31N5O3/c1-17-7-6-8-18(2)24(17)27-22(31)15-28(3)23(32)16-29-13-11-19(12-14-29)30-21-10-5-4-9-20(21)26-25(30)33/h4-10,19H,11-16H2,1-3H3,(H,26,33)(H,27,31). The van der Waals surface area contributed by atoms with Crippen molar-refractivity contribution in [2.24, 2.45) is 0 Å². The number of aromatic amines is 1. The van der Waals surface area contributed by atoms with Gasteiger partial charge in [-0.1, -0.05) is 30.3 Å². The summed E-state index contributed by atoms with van der Waals surface area (Å²) in [6, 6.07) is 13.7. The Bertz CT molecular complexity index is 1200. The lowest BCUT2D eigenvalue weighted by molar-refractivity contribution is -0.134. The summed E-state index contributed by atoms with van der Waals surface area (Å²) in [5.74, 6) is -0.296. The number of fused-ring (bicyclic) bond motifs is 1. The molecular formula is C25H31N5O3. The third-order valence-electron chi connectivity index (χ3n) is 6.46. The average molecular weight is 450 g/mol. The van der Waals surface area contributed by atoms with Gasteiger partial charge in [0.25, 0.3) is 0 Å². The number of nitrogens with zero attached hydrogens (tertiary/aromatic N) is 3. The lowest BCUT2D eigenvalue weighted by atomic mass is 10.0. The summed E-state index contributed by atoms with van der Waals surface area (Å²) in [4.78, 5) is 44.1. The third-order valence-corrected chi connectivity index (χ3v) is 6.46. The molecule has 2 aromatic carbocycles. The van der Waals surface area contributed by atoms with Crippen LogP contribution in [-0.2, 0) is 9.59 Å². The van der Waals surface area contributed by atoms with Gasteiger partial charge < -0.3 is 15.2 Å². The molecule has 1 fully saturated rings. The Hall–Kier alpha value is -3.39. The van der Waals surface area contributed by atoms with Crippen molar-refractivity contribution in [2.45, 2.75) is 32.7 Å². The largest absolute Gasteiger partial charge is 0.335 e. The first-order valence-electron chi connectivity index (χ1n) is 11.3. The second kappa shape index (κ2) is 9.62. The molecule has 0 saturated carbocycles. The number of para-hydroxylation sites is 3. The predicted molar refractivity (Wildman–Crippen MR) is 129 cm³/mol. The number of hydrogen-bond donors (Lipinski definition) is 2. The van der Waals surface area contributed by atoms with Gasteiger partial charge in [-0.15, -0.1) is 0 Å². The number of likely N-dealkylation sites (tertiary alicyclic amines) is 1. The molecule has 8 heteroatoms. The highest BCUT2D eigenvalue weighted by Gasteiger charge is 2.25. The highest BCUT2D eigenvalue weighted by atomic mass is 16.2. The van der Waals surface area contributed by atoms with Crippen molar-refractivity contribution in [2.75, 3.05) is 38.5 Å². The molecule has 3 aromatic rings. The number of aryl methyl sites for hydroxylation is 2. The molecule has 0 bridgehead atoms. The lowest BCUT2D eigenvalue weighted by Crippen LogP contribution is -2.45. The van der Waals surface area contributed by atoms with E-state index < -0.39 is 0 Å². The number of rotatable bonds is 6. The zero-order chi connectivity index (χ0) is 23.5. The molecule has 1 aliphatic rings. The Morgan fingerprint density at radius 1 is 1.06 bits per heavy atom. The maximum atomic E-state index is 12.7. The molecule has 174 valence electrons. The van der Waals surface area contributed by atoms with Crippen molar-refractivity contribution in [1.82, 2.24) is 19.4 Å². The van der Waals surface area contributed by atoms with E-state index in [-0.39, 0.29) is 36.6 Å². The maximum Gasteiger partial charge on any atom is 0.326 e. The first-order chi connectivity index (χ1) is 15.8. The third kappa shape index (κ3) is 5.01. The van der Waals surface area contributed by atoms with E-state index in [1.165, 1.54) is 4.90 Å². The monoisotopic (exact) mass is 449 g/mol. The predicted octanol–water partition coefficient (Wildman–Crippen LogP) is 2.68. The van der Waals surface area contributed by atoms with Crippen LogP contribution in [0.2, 0.25) is 0 Å². The minimum atomic E-state index is -0.208. The van der Waals surface area contributed by atoms with Crippen LogP contribution in [0.5, 0.6) is 0 Å². The second-order valence-electron chi connectivity index (χ2n) is 8.89. The molecular weight excluding hydrogens is 418 g/mol. The van der Waals surface area contributed by atoms with Gasteiger partial charge in [0.1, 0.15) is 0 Å². The van der Waals surface area contributed by atoms with Crippen molar-refractivity contribution < 1.29 is 9.59 Å². The summed E-state index contributed by atoms with van der Waals surface area (Å²) in [5, 5.41) is 2.93. The Morgan fingerprint density at radius 3 is 2.42 bits per heavy atom. The molecule has 0 atom stereocenters. The van der Waals surface area contributed by atoms with Crippen molar-refractivity contribution in [3.8, 4) is 0 Å². The van der Waals surface area contributed by atoms with Crippen LogP contribution in [0.15, 0.2) is 47.3 Å². The fourth-order valence-electron chi connectivity index (χ4n) is 4.58. The fraction of sp³-hybridized carbons (Fsp3) is 0.400. The van der Waals surface area contributed by atoms with E-state index in [1.54, 1.807) is 7.05 Å². The number of piperidine rings is 1. The lowest BCUT2D eigenvalue weighted by Gasteiger charge is -2.33. The van der Waals surface area contributed by atoms with Crippen LogP contribution in [0, 0.1) is 13.8 Å². The summed E-state index contributed by atoms with van der Waals surface area (Å²) in [6.07, 6.45) is 1.59.